The zero-order valence-electron chi connectivity index (χ0n) is 21.8. The van der Waals surface area contributed by atoms with E-state index in [1.807, 2.05) is 30.3 Å². The number of ketones is 1. The number of fused-ring (bicyclic) bond motifs is 1. The third kappa shape index (κ3) is 6.76. The monoisotopic (exact) mass is 521 g/mol. The van der Waals surface area contributed by atoms with E-state index in [1.165, 1.54) is 32.1 Å². The molecule has 2 fully saturated rings. The minimum Gasteiger partial charge on any atom is -0.487 e. The van der Waals surface area contributed by atoms with E-state index in [2.05, 4.69) is 33.4 Å². The van der Waals surface area contributed by atoms with Crippen LogP contribution in [0.2, 0.25) is 5.02 Å². The molecule has 0 aliphatic carbocycles. The first-order valence-electron chi connectivity index (χ1n) is 14.1. The number of hydrogen-bond donors (Lipinski definition) is 2. The smallest absolute Gasteiger partial charge is 0.165 e. The quantitative estimate of drug-likeness (QED) is 0.278. The van der Waals surface area contributed by atoms with Crippen LogP contribution in [0, 0.1) is 11.8 Å². The summed E-state index contributed by atoms with van der Waals surface area (Å²) in [4.78, 5) is 13.8. The first kappa shape index (κ1) is 26.3. The van der Waals surface area contributed by atoms with Crippen molar-refractivity contribution >= 4 is 28.3 Å². The fourth-order valence-corrected chi connectivity index (χ4v) is 6.22. The summed E-state index contributed by atoms with van der Waals surface area (Å²) in [7, 11) is 0. The van der Waals surface area contributed by atoms with Gasteiger partial charge in [0.2, 0.25) is 0 Å². The standard InChI is InChI=1S/C31H40ClN3O2/c32-25-10-12-26(13-11-25)37-22-29-31(30(36)14-9-24-5-3-17-34-21-24)27-7-1-2-8-28(27)35(29)20-4-6-23-15-18-33-19-16-23/h1-2,7-8,10-13,23-24,33-34H,3-6,9,14-22H2. The van der Waals surface area contributed by atoms with Gasteiger partial charge in [-0.25, -0.2) is 0 Å². The number of nitrogens with one attached hydrogen (secondary N) is 2. The average molecular weight is 522 g/mol. The topological polar surface area (TPSA) is 55.3 Å². The third-order valence-corrected chi connectivity index (χ3v) is 8.43. The molecule has 0 saturated carbocycles. The second-order valence-corrected chi connectivity index (χ2v) is 11.2. The molecule has 0 amide bonds. The third-order valence-electron chi connectivity index (χ3n) is 8.18. The number of halogens is 1. The lowest BCUT2D eigenvalue weighted by Crippen LogP contribution is -2.30. The molecule has 2 aliphatic heterocycles. The molecule has 37 heavy (non-hydrogen) atoms. The Kier molecular flexibility index (Phi) is 9.19. The van der Waals surface area contributed by atoms with Crippen LogP contribution in [0.15, 0.2) is 48.5 Å². The largest absolute Gasteiger partial charge is 0.487 e. The number of ether oxygens (including phenoxy) is 1. The Morgan fingerprint density at radius 2 is 1.76 bits per heavy atom. The van der Waals surface area contributed by atoms with Gasteiger partial charge in [-0.3, -0.25) is 4.79 Å². The van der Waals surface area contributed by atoms with Crippen molar-refractivity contribution in [3.05, 3.63) is 64.8 Å². The maximum atomic E-state index is 13.8. The number of carbonyl (C=O) groups is 1. The maximum absolute atomic E-state index is 13.8. The molecule has 6 heteroatoms. The van der Waals surface area contributed by atoms with E-state index in [1.54, 1.807) is 0 Å². The number of hydrogen-bond acceptors (Lipinski definition) is 4. The average Bonchev–Trinajstić information content (AvgIpc) is 3.26. The van der Waals surface area contributed by atoms with Crippen LogP contribution in [-0.2, 0) is 13.2 Å². The molecular formula is C31H40ClN3O2. The van der Waals surface area contributed by atoms with Crippen molar-refractivity contribution in [3.63, 3.8) is 0 Å². The van der Waals surface area contributed by atoms with E-state index < -0.39 is 0 Å². The molecule has 3 heterocycles. The van der Waals surface area contributed by atoms with Crippen molar-refractivity contribution in [1.82, 2.24) is 15.2 Å². The van der Waals surface area contributed by atoms with Gasteiger partial charge in [0.25, 0.3) is 0 Å². The Hall–Kier alpha value is -2.34. The molecule has 3 aromatic rings. The summed E-state index contributed by atoms with van der Waals surface area (Å²) in [5.41, 5.74) is 3.01. The molecule has 2 N–H and O–H groups in total. The number of para-hydroxylation sites is 1. The molecule has 0 bridgehead atoms. The predicted octanol–water partition coefficient (Wildman–Crippen LogP) is 6.62. The summed E-state index contributed by atoms with van der Waals surface area (Å²) in [6.07, 6.45) is 8.81. The van der Waals surface area contributed by atoms with Crippen LogP contribution in [0.5, 0.6) is 5.75 Å². The summed E-state index contributed by atoms with van der Waals surface area (Å²) in [6, 6.07) is 15.9. The number of benzene rings is 2. The van der Waals surface area contributed by atoms with E-state index in [0.717, 1.165) is 79.4 Å². The minimum absolute atomic E-state index is 0.244. The maximum Gasteiger partial charge on any atom is 0.165 e. The predicted molar refractivity (Wildman–Crippen MR) is 152 cm³/mol. The molecule has 2 aliphatic rings. The lowest BCUT2D eigenvalue weighted by molar-refractivity contribution is 0.0970. The van der Waals surface area contributed by atoms with Gasteiger partial charge in [-0.15, -0.1) is 0 Å². The van der Waals surface area contributed by atoms with Gasteiger partial charge in [-0.2, -0.15) is 0 Å². The molecule has 2 saturated heterocycles. The van der Waals surface area contributed by atoms with Gasteiger partial charge in [0, 0.05) is 34.5 Å². The molecule has 198 valence electrons. The summed E-state index contributed by atoms with van der Waals surface area (Å²) < 4.78 is 8.61. The first-order valence-corrected chi connectivity index (χ1v) is 14.5. The SMILES string of the molecule is O=C(CCC1CCCNC1)c1c(COc2ccc(Cl)cc2)n(CCCC2CCNCC2)c2ccccc12. The van der Waals surface area contributed by atoms with Gasteiger partial charge >= 0.3 is 0 Å². The minimum atomic E-state index is 0.244. The fourth-order valence-electron chi connectivity index (χ4n) is 6.09. The number of piperidine rings is 2. The zero-order valence-corrected chi connectivity index (χ0v) is 22.6. The Bertz CT molecular complexity index is 1160. The molecule has 1 aromatic heterocycles. The lowest BCUT2D eigenvalue weighted by atomic mass is 9.92. The highest BCUT2D eigenvalue weighted by Gasteiger charge is 2.24. The highest BCUT2D eigenvalue weighted by Crippen LogP contribution is 2.31. The van der Waals surface area contributed by atoms with Gasteiger partial charge in [-0.1, -0.05) is 29.8 Å². The van der Waals surface area contributed by atoms with Crippen LogP contribution in [0.1, 0.15) is 67.4 Å². The van der Waals surface area contributed by atoms with Crippen LogP contribution >= 0.6 is 11.6 Å². The van der Waals surface area contributed by atoms with Gasteiger partial charge in [0.05, 0.1) is 5.69 Å². The van der Waals surface area contributed by atoms with Crippen molar-refractivity contribution in [2.24, 2.45) is 11.8 Å². The summed E-state index contributed by atoms with van der Waals surface area (Å²) >= 11 is 6.08. The van der Waals surface area contributed by atoms with Crippen LogP contribution < -0.4 is 15.4 Å². The van der Waals surface area contributed by atoms with Crippen LogP contribution in [0.3, 0.4) is 0 Å². The van der Waals surface area contributed by atoms with Crippen molar-refractivity contribution in [2.75, 3.05) is 26.2 Å². The number of aryl methyl sites for hydroxylation is 1. The van der Waals surface area contributed by atoms with Gasteiger partial charge in [0.1, 0.15) is 12.4 Å². The molecule has 2 aromatic carbocycles. The van der Waals surface area contributed by atoms with Crippen molar-refractivity contribution in [2.45, 2.75) is 64.5 Å². The number of nitrogens with zero attached hydrogens (tertiary/aromatic N) is 1. The van der Waals surface area contributed by atoms with Gasteiger partial charge < -0.3 is 19.9 Å². The van der Waals surface area contributed by atoms with Crippen LogP contribution in [0.4, 0.5) is 0 Å². The normalized spacial score (nSPS) is 18.8. The summed E-state index contributed by atoms with van der Waals surface area (Å²) in [5, 5.41) is 8.71. The highest BCUT2D eigenvalue weighted by atomic mass is 35.5. The number of Topliss-reactive ketones (excluding diaryl/α,β-unsaturated/α-hetero) is 1. The van der Waals surface area contributed by atoms with E-state index >= 15 is 0 Å². The Balaban J connectivity index is 1.40. The molecule has 5 rings (SSSR count). The Morgan fingerprint density at radius 1 is 0.946 bits per heavy atom. The van der Waals surface area contributed by atoms with E-state index in [-0.39, 0.29) is 5.78 Å². The molecular weight excluding hydrogens is 482 g/mol. The number of carbonyl (C=O) groups excluding carboxylic acids is 1. The van der Waals surface area contributed by atoms with Crippen molar-refractivity contribution < 1.29 is 9.53 Å². The first-order chi connectivity index (χ1) is 18.2. The van der Waals surface area contributed by atoms with E-state index in [9.17, 15) is 4.79 Å². The van der Waals surface area contributed by atoms with Crippen molar-refractivity contribution in [1.29, 1.82) is 0 Å². The van der Waals surface area contributed by atoms with E-state index in [0.29, 0.717) is 24.0 Å². The van der Waals surface area contributed by atoms with Gasteiger partial charge in [-0.05, 0) is 113 Å². The number of aromatic nitrogens is 1. The Labute approximate surface area is 225 Å². The molecule has 1 atom stereocenters. The van der Waals surface area contributed by atoms with Crippen LogP contribution in [-0.4, -0.2) is 36.5 Å². The zero-order chi connectivity index (χ0) is 25.5. The fraction of sp³-hybridized carbons (Fsp3) is 0.516. The Morgan fingerprint density at radius 3 is 2.54 bits per heavy atom. The second-order valence-electron chi connectivity index (χ2n) is 10.7. The molecule has 0 spiro atoms. The second kappa shape index (κ2) is 12.9. The molecule has 5 nitrogen and oxygen atoms in total. The lowest BCUT2D eigenvalue weighted by Gasteiger charge is -2.23. The van der Waals surface area contributed by atoms with Gasteiger partial charge in [0.15, 0.2) is 5.78 Å². The van der Waals surface area contributed by atoms with Crippen LogP contribution in [0.25, 0.3) is 10.9 Å². The summed E-state index contributed by atoms with van der Waals surface area (Å²) in [6.45, 7) is 5.66. The highest BCUT2D eigenvalue weighted by molar-refractivity contribution is 6.30. The van der Waals surface area contributed by atoms with E-state index in [4.69, 9.17) is 16.3 Å². The molecule has 0 radical (unpaired) electrons. The number of rotatable bonds is 11. The molecule has 1 unspecified atom stereocenters. The van der Waals surface area contributed by atoms with Crippen molar-refractivity contribution in [3.8, 4) is 5.75 Å². The summed E-state index contributed by atoms with van der Waals surface area (Å²) in [5.74, 6) is 2.39.